The first-order valence-electron chi connectivity index (χ1n) is 5.90. The van der Waals surface area contributed by atoms with E-state index in [9.17, 15) is 10.1 Å². The summed E-state index contributed by atoms with van der Waals surface area (Å²) in [7, 11) is 1.51. The molecule has 0 aliphatic carbocycles. The van der Waals surface area contributed by atoms with Gasteiger partial charge >= 0.3 is 0 Å². The third-order valence-electron chi connectivity index (χ3n) is 3.12. The number of nitro benzene ring substituents is 1. The molecule has 0 radical (unpaired) electrons. The Labute approximate surface area is 114 Å². The molecule has 1 aromatic rings. The number of halogens is 1. The van der Waals surface area contributed by atoms with E-state index in [0.29, 0.717) is 11.4 Å². The molecule has 0 aromatic heterocycles. The van der Waals surface area contributed by atoms with Crippen molar-refractivity contribution >= 4 is 27.3 Å². The number of methoxy groups -OCH3 is 1. The molecule has 1 saturated heterocycles. The molecule has 18 heavy (non-hydrogen) atoms. The fourth-order valence-electron chi connectivity index (χ4n) is 2.25. The normalized spacial score (nSPS) is 15.6. The van der Waals surface area contributed by atoms with Crippen molar-refractivity contribution < 1.29 is 9.66 Å². The van der Waals surface area contributed by atoms with Crippen LogP contribution in [0.5, 0.6) is 5.75 Å². The highest BCUT2D eigenvalue weighted by Crippen LogP contribution is 2.40. The molecule has 0 unspecified atom stereocenters. The Kier molecular flexibility index (Phi) is 4.06. The third-order valence-corrected chi connectivity index (χ3v) is 3.73. The molecular formula is C12H15BrN2O3. The maximum absolute atomic E-state index is 11.2. The van der Waals surface area contributed by atoms with Gasteiger partial charge < -0.3 is 9.64 Å². The van der Waals surface area contributed by atoms with Gasteiger partial charge in [-0.25, -0.2) is 0 Å². The van der Waals surface area contributed by atoms with E-state index in [1.165, 1.54) is 19.6 Å². The van der Waals surface area contributed by atoms with Gasteiger partial charge in [-0.1, -0.05) is 0 Å². The summed E-state index contributed by atoms with van der Waals surface area (Å²) in [6.07, 6.45) is 3.35. The fourth-order valence-corrected chi connectivity index (χ4v) is 2.93. The van der Waals surface area contributed by atoms with Crippen LogP contribution in [0.4, 0.5) is 11.4 Å². The van der Waals surface area contributed by atoms with Gasteiger partial charge in [-0.05, 0) is 41.3 Å². The van der Waals surface area contributed by atoms with Crippen molar-refractivity contribution in [2.45, 2.75) is 19.3 Å². The van der Waals surface area contributed by atoms with Crippen molar-refractivity contribution in [3.8, 4) is 5.75 Å². The lowest BCUT2D eigenvalue weighted by atomic mass is 10.1. The van der Waals surface area contributed by atoms with Crippen LogP contribution in [0.3, 0.4) is 0 Å². The second-order valence-electron chi connectivity index (χ2n) is 4.28. The first-order valence-corrected chi connectivity index (χ1v) is 6.69. The van der Waals surface area contributed by atoms with E-state index in [2.05, 4.69) is 20.8 Å². The van der Waals surface area contributed by atoms with Crippen molar-refractivity contribution in [2.24, 2.45) is 0 Å². The van der Waals surface area contributed by atoms with E-state index in [0.717, 1.165) is 30.4 Å². The Morgan fingerprint density at radius 2 is 2.00 bits per heavy atom. The zero-order valence-electron chi connectivity index (χ0n) is 10.2. The third kappa shape index (κ3) is 2.58. The largest absolute Gasteiger partial charge is 0.496 e. The number of rotatable bonds is 3. The van der Waals surface area contributed by atoms with Gasteiger partial charge in [-0.15, -0.1) is 0 Å². The van der Waals surface area contributed by atoms with Gasteiger partial charge in [0.05, 0.1) is 22.6 Å². The minimum Gasteiger partial charge on any atom is -0.496 e. The number of nitro groups is 1. The fraction of sp³-hybridized carbons (Fsp3) is 0.500. The zero-order chi connectivity index (χ0) is 13.1. The van der Waals surface area contributed by atoms with E-state index in [1.54, 1.807) is 6.07 Å². The summed E-state index contributed by atoms with van der Waals surface area (Å²) >= 11 is 3.42. The Balaban J connectivity index is 2.46. The average molecular weight is 315 g/mol. The molecule has 2 rings (SSSR count). The van der Waals surface area contributed by atoms with Gasteiger partial charge in [0.2, 0.25) is 0 Å². The minimum atomic E-state index is -0.350. The summed E-state index contributed by atoms with van der Waals surface area (Å²) in [5, 5.41) is 11.2. The lowest BCUT2D eigenvalue weighted by molar-refractivity contribution is -0.384. The van der Waals surface area contributed by atoms with Crippen molar-refractivity contribution in [2.75, 3.05) is 25.1 Å². The van der Waals surface area contributed by atoms with Gasteiger partial charge in [0.15, 0.2) is 0 Å². The molecular weight excluding hydrogens is 300 g/mol. The first kappa shape index (κ1) is 13.1. The van der Waals surface area contributed by atoms with E-state index in [-0.39, 0.29) is 10.6 Å². The van der Waals surface area contributed by atoms with Crippen molar-refractivity contribution in [3.63, 3.8) is 0 Å². The monoisotopic (exact) mass is 314 g/mol. The van der Waals surface area contributed by atoms with E-state index >= 15 is 0 Å². The average Bonchev–Trinajstić information content (AvgIpc) is 2.38. The molecule has 0 N–H and O–H groups in total. The quantitative estimate of drug-likeness (QED) is 0.634. The molecule has 1 fully saturated rings. The number of hydrogen-bond acceptors (Lipinski definition) is 4. The summed E-state index contributed by atoms with van der Waals surface area (Å²) in [5.74, 6) is 0.495. The van der Waals surface area contributed by atoms with Crippen LogP contribution in [-0.4, -0.2) is 25.1 Å². The maximum Gasteiger partial charge on any atom is 0.297 e. The number of ether oxygens (including phenoxy) is 1. The first-order chi connectivity index (χ1) is 8.63. The molecule has 0 amide bonds. The number of nitrogens with zero attached hydrogens (tertiary/aromatic N) is 2. The molecule has 0 atom stereocenters. The second-order valence-corrected chi connectivity index (χ2v) is 5.14. The molecule has 1 aliphatic heterocycles. The minimum absolute atomic E-state index is 0.100. The van der Waals surface area contributed by atoms with Gasteiger partial charge in [-0.2, -0.15) is 0 Å². The summed E-state index contributed by atoms with van der Waals surface area (Å²) in [6.45, 7) is 1.73. The standard InChI is InChI=1S/C12H15BrN2O3/c1-18-9-7-10(13)12(11(8-9)15(16)17)14-5-3-2-4-6-14/h7-8H,2-6H2,1H3. The van der Waals surface area contributed by atoms with Gasteiger partial charge in [-0.3, -0.25) is 10.1 Å². The Hall–Kier alpha value is -1.30. The van der Waals surface area contributed by atoms with Gasteiger partial charge in [0.1, 0.15) is 11.4 Å². The van der Waals surface area contributed by atoms with Gasteiger partial charge in [0, 0.05) is 13.1 Å². The highest BCUT2D eigenvalue weighted by Gasteiger charge is 2.25. The Morgan fingerprint density at radius 3 is 2.56 bits per heavy atom. The SMILES string of the molecule is COc1cc(Br)c(N2CCCCC2)c([N+](=O)[O-])c1. The molecule has 0 saturated carbocycles. The lowest BCUT2D eigenvalue weighted by Gasteiger charge is -2.29. The second kappa shape index (κ2) is 5.56. The topological polar surface area (TPSA) is 55.6 Å². The van der Waals surface area contributed by atoms with Crippen LogP contribution in [0.1, 0.15) is 19.3 Å². The predicted molar refractivity (Wildman–Crippen MR) is 73.4 cm³/mol. The molecule has 0 bridgehead atoms. The number of anilines is 1. The smallest absolute Gasteiger partial charge is 0.297 e. The molecule has 5 nitrogen and oxygen atoms in total. The van der Waals surface area contributed by atoms with E-state index in [4.69, 9.17) is 4.74 Å². The van der Waals surface area contributed by atoms with Crippen LogP contribution in [0.15, 0.2) is 16.6 Å². The molecule has 0 spiro atoms. The number of hydrogen-bond donors (Lipinski definition) is 0. The highest BCUT2D eigenvalue weighted by molar-refractivity contribution is 9.10. The number of benzene rings is 1. The van der Waals surface area contributed by atoms with Crippen molar-refractivity contribution in [3.05, 3.63) is 26.7 Å². The summed E-state index contributed by atoms with van der Waals surface area (Å²) in [4.78, 5) is 12.9. The van der Waals surface area contributed by atoms with E-state index < -0.39 is 0 Å². The van der Waals surface area contributed by atoms with Crippen LogP contribution in [0.2, 0.25) is 0 Å². The van der Waals surface area contributed by atoms with Crippen LogP contribution in [-0.2, 0) is 0 Å². The summed E-state index contributed by atoms with van der Waals surface area (Å²) in [6, 6.07) is 3.26. The van der Waals surface area contributed by atoms with Gasteiger partial charge in [0.25, 0.3) is 5.69 Å². The summed E-state index contributed by atoms with van der Waals surface area (Å²) in [5.41, 5.74) is 0.767. The van der Waals surface area contributed by atoms with Crippen LogP contribution >= 0.6 is 15.9 Å². The van der Waals surface area contributed by atoms with E-state index in [1.807, 2.05) is 0 Å². The zero-order valence-corrected chi connectivity index (χ0v) is 11.8. The van der Waals surface area contributed by atoms with Crippen molar-refractivity contribution in [1.29, 1.82) is 0 Å². The van der Waals surface area contributed by atoms with Crippen molar-refractivity contribution in [1.82, 2.24) is 0 Å². The maximum atomic E-state index is 11.2. The number of piperidine rings is 1. The molecule has 1 heterocycles. The predicted octanol–water partition coefficient (Wildman–Crippen LogP) is 3.36. The van der Waals surface area contributed by atoms with Crippen LogP contribution in [0, 0.1) is 10.1 Å². The molecule has 98 valence electrons. The summed E-state index contributed by atoms with van der Waals surface area (Å²) < 4.78 is 5.79. The Morgan fingerprint density at radius 1 is 1.33 bits per heavy atom. The van der Waals surface area contributed by atoms with Crippen LogP contribution in [0.25, 0.3) is 0 Å². The Bertz CT molecular complexity index is 459. The molecule has 6 heteroatoms. The highest BCUT2D eigenvalue weighted by atomic mass is 79.9. The van der Waals surface area contributed by atoms with Crippen LogP contribution < -0.4 is 9.64 Å². The molecule has 1 aliphatic rings. The molecule has 1 aromatic carbocycles. The lowest BCUT2D eigenvalue weighted by Crippen LogP contribution is -2.30.